The van der Waals surface area contributed by atoms with Gasteiger partial charge in [0.1, 0.15) is 0 Å². The van der Waals surface area contributed by atoms with Crippen LogP contribution in [-0.2, 0) is 4.74 Å². The molecule has 0 fully saturated rings. The van der Waals surface area contributed by atoms with Crippen LogP contribution >= 0.6 is 0 Å². The van der Waals surface area contributed by atoms with Gasteiger partial charge < -0.3 is 15.4 Å². The van der Waals surface area contributed by atoms with Gasteiger partial charge in [0.2, 0.25) is 0 Å². The summed E-state index contributed by atoms with van der Waals surface area (Å²) in [6.45, 7) is 5.08. The van der Waals surface area contributed by atoms with E-state index in [9.17, 15) is 9.59 Å². The number of amides is 2. The number of hydrogen-bond donors (Lipinski definition) is 2. The van der Waals surface area contributed by atoms with Crippen molar-refractivity contribution in [1.29, 1.82) is 0 Å². The van der Waals surface area contributed by atoms with Crippen molar-refractivity contribution in [3.63, 3.8) is 0 Å². The van der Waals surface area contributed by atoms with Gasteiger partial charge in [-0.3, -0.25) is 9.59 Å². The molecule has 5 heteroatoms. The third-order valence-corrected chi connectivity index (χ3v) is 3.94. The average molecular weight is 340 g/mol. The number of ether oxygens (including phenoxy) is 1. The van der Waals surface area contributed by atoms with Crippen LogP contribution in [0.15, 0.2) is 42.5 Å². The Morgan fingerprint density at radius 1 is 0.920 bits per heavy atom. The van der Waals surface area contributed by atoms with Crippen molar-refractivity contribution in [3.05, 3.63) is 64.7 Å². The smallest absolute Gasteiger partial charge is 0.255 e. The van der Waals surface area contributed by atoms with Crippen LogP contribution in [0.2, 0.25) is 0 Å². The van der Waals surface area contributed by atoms with Crippen molar-refractivity contribution in [1.82, 2.24) is 5.32 Å². The van der Waals surface area contributed by atoms with Gasteiger partial charge in [0.25, 0.3) is 11.8 Å². The average Bonchev–Trinajstić information content (AvgIpc) is 2.62. The van der Waals surface area contributed by atoms with Gasteiger partial charge in [0.05, 0.1) is 0 Å². The molecule has 132 valence electrons. The molecule has 0 unspecified atom stereocenters. The number of para-hydroxylation sites is 1. The van der Waals surface area contributed by atoms with E-state index in [4.69, 9.17) is 4.74 Å². The summed E-state index contributed by atoms with van der Waals surface area (Å²) in [7, 11) is 1.63. The van der Waals surface area contributed by atoms with E-state index in [2.05, 4.69) is 10.6 Å². The normalized spacial score (nSPS) is 10.4. The van der Waals surface area contributed by atoms with Gasteiger partial charge in [-0.05, 0) is 55.7 Å². The Morgan fingerprint density at radius 3 is 2.04 bits per heavy atom. The predicted octanol–water partition coefficient (Wildman–Crippen LogP) is 3.32. The van der Waals surface area contributed by atoms with E-state index < -0.39 is 0 Å². The number of anilines is 1. The fourth-order valence-corrected chi connectivity index (χ4v) is 2.49. The molecule has 0 saturated carbocycles. The zero-order chi connectivity index (χ0) is 18.2. The van der Waals surface area contributed by atoms with Crippen LogP contribution in [-0.4, -0.2) is 32.1 Å². The lowest BCUT2D eigenvalue weighted by atomic mass is 10.1. The van der Waals surface area contributed by atoms with Crippen molar-refractivity contribution >= 4 is 17.5 Å². The third-order valence-electron chi connectivity index (χ3n) is 3.94. The van der Waals surface area contributed by atoms with Crippen LogP contribution in [0.25, 0.3) is 0 Å². The Hall–Kier alpha value is -2.66. The lowest BCUT2D eigenvalue weighted by Gasteiger charge is -2.11. The number of rotatable bonds is 7. The molecule has 0 aliphatic heterocycles. The second-order valence-corrected chi connectivity index (χ2v) is 5.90. The molecular formula is C20H24N2O3. The number of nitrogens with one attached hydrogen (secondary N) is 2. The molecule has 0 saturated heterocycles. The molecule has 0 radical (unpaired) electrons. The van der Waals surface area contributed by atoms with E-state index in [0.717, 1.165) is 23.2 Å². The minimum absolute atomic E-state index is 0.155. The number of carbonyl (C=O) groups is 2. The van der Waals surface area contributed by atoms with Crippen LogP contribution in [0, 0.1) is 13.8 Å². The molecular weight excluding hydrogens is 316 g/mol. The molecule has 0 bridgehead atoms. The second-order valence-electron chi connectivity index (χ2n) is 5.90. The van der Waals surface area contributed by atoms with Crippen LogP contribution in [0.1, 0.15) is 38.3 Å². The predicted molar refractivity (Wildman–Crippen MR) is 99.1 cm³/mol. The quantitative estimate of drug-likeness (QED) is 0.760. The highest BCUT2D eigenvalue weighted by molar-refractivity contribution is 6.05. The van der Waals surface area contributed by atoms with Crippen molar-refractivity contribution in [2.75, 3.05) is 25.6 Å². The third kappa shape index (κ3) is 5.16. The summed E-state index contributed by atoms with van der Waals surface area (Å²) in [5.74, 6) is -0.345. The highest BCUT2D eigenvalue weighted by atomic mass is 16.5. The van der Waals surface area contributed by atoms with Gasteiger partial charge in [-0.15, -0.1) is 0 Å². The Morgan fingerprint density at radius 2 is 1.48 bits per heavy atom. The van der Waals surface area contributed by atoms with Crippen molar-refractivity contribution < 1.29 is 14.3 Å². The first-order valence-corrected chi connectivity index (χ1v) is 8.27. The number of carbonyl (C=O) groups excluding carboxylic acids is 2. The summed E-state index contributed by atoms with van der Waals surface area (Å²) in [5.41, 5.74) is 3.90. The van der Waals surface area contributed by atoms with E-state index in [1.54, 1.807) is 31.4 Å². The van der Waals surface area contributed by atoms with Gasteiger partial charge in [-0.2, -0.15) is 0 Å². The van der Waals surface area contributed by atoms with E-state index >= 15 is 0 Å². The molecule has 0 aliphatic carbocycles. The largest absolute Gasteiger partial charge is 0.385 e. The molecule has 2 amide bonds. The SMILES string of the molecule is COCCCNC(=O)c1ccc(C(=O)Nc2c(C)cccc2C)cc1. The Bertz CT molecular complexity index is 719. The van der Waals surface area contributed by atoms with Gasteiger partial charge in [-0.25, -0.2) is 0 Å². The summed E-state index contributed by atoms with van der Waals surface area (Å²) in [5, 5.41) is 5.76. The molecule has 2 aromatic carbocycles. The highest BCUT2D eigenvalue weighted by Gasteiger charge is 2.11. The zero-order valence-electron chi connectivity index (χ0n) is 14.9. The first-order chi connectivity index (χ1) is 12.0. The molecule has 0 spiro atoms. The topological polar surface area (TPSA) is 67.4 Å². The molecule has 0 aromatic heterocycles. The first kappa shape index (κ1) is 18.7. The van der Waals surface area contributed by atoms with E-state index in [1.165, 1.54) is 0 Å². The van der Waals surface area contributed by atoms with E-state index in [-0.39, 0.29) is 11.8 Å². The fourth-order valence-electron chi connectivity index (χ4n) is 2.49. The zero-order valence-corrected chi connectivity index (χ0v) is 14.9. The van der Waals surface area contributed by atoms with E-state index in [1.807, 2.05) is 32.0 Å². The van der Waals surface area contributed by atoms with Gasteiger partial charge >= 0.3 is 0 Å². The summed E-state index contributed by atoms with van der Waals surface area (Å²) in [4.78, 5) is 24.4. The van der Waals surface area contributed by atoms with E-state index in [0.29, 0.717) is 24.3 Å². The first-order valence-electron chi connectivity index (χ1n) is 8.27. The molecule has 0 atom stereocenters. The molecule has 5 nitrogen and oxygen atoms in total. The van der Waals surface area contributed by atoms with Crippen molar-refractivity contribution in [2.24, 2.45) is 0 Å². The minimum atomic E-state index is -0.190. The van der Waals surface area contributed by atoms with Gasteiger partial charge in [-0.1, -0.05) is 18.2 Å². The Labute approximate surface area is 148 Å². The number of methoxy groups -OCH3 is 1. The maximum absolute atomic E-state index is 12.4. The molecule has 2 rings (SSSR count). The number of hydrogen-bond acceptors (Lipinski definition) is 3. The molecule has 25 heavy (non-hydrogen) atoms. The van der Waals surface area contributed by atoms with Crippen LogP contribution in [0.4, 0.5) is 5.69 Å². The summed E-state index contributed by atoms with van der Waals surface area (Å²) in [6, 6.07) is 12.5. The van der Waals surface area contributed by atoms with Gasteiger partial charge in [0, 0.05) is 37.1 Å². The van der Waals surface area contributed by atoms with Crippen LogP contribution in [0.3, 0.4) is 0 Å². The molecule has 2 aromatic rings. The fraction of sp³-hybridized carbons (Fsp3) is 0.300. The summed E-state index contributed by atoms with van der Waals surface area (Å²) in [6.07, 6.45) is 0.762. The Balaban J connectivity index is 1.99. The number of benzene rings is 2. The highest BCUT2D eigenvalue weighted by Crippen LogP contribution is 2.20. The van der Waals surface area contributed by atoms with Gasteiger partial charge in [0.15, 0.2) is 0 Å². The second kappa shape index (κ2) is 8.99. The Kier molecular flexibility index (Phi) is 6.71. The standard InChI is InChI=1S/C20H24N2O3/c1-14-6-4-7-15(2)18(14)22-20(24)17-10-8-16(9-11-17)19(23)21-12-5-13-25-3/h4,6-11H,5,12-13H2,1-3H3,(H,21,23)(H,22,24). The lowest BCUT2D eigenvalue weighted by molar-refractivity contribution is 0.0947. The maximum atomic E-state index is 12.4. The van der Waals surface area contributed by atoms with Crippen molar-refractivity contribution in [2.45, 2.75) is 20.3 Å². The summed E-state index contributed by atoms with van der Waals surface area (Å²) >= 11 is 0. The summed E-state index contributed by atoms with van der Waals surface area (Å²) < 4.78 is 4.94. The van der Waals surface area contributed by atoms with Crippen LogP contribution < -0.4 is 10.6 Å². The molecule has 2 N–H and O–H groups in total. The molecule has 0 heterocycles. The monoisotopic (exact) mass is 340 g/mol. The maximum Gasteiger partial charge on any atom is 0.255 e. The van der Waals surface area contributed by atoms with Crippen molar-refractivity contribution in [3.8, 4) is 0 Å². The molecule has 0 aliphatic rings. The minimum Gasteiger partial charge on any atom is -0.385 e. The number of aryl methyl sites for hydroxylation is 2. The lowest BCUT2D eigenvalue weighted by Crippen LogP contribution is -2.25. The van der Waals surface area contributed by atoms with Crippen LogP contribution in [0.5, 0.6) is 0 Å².